The Kier molecular flexibility index (Phi) is 4.72. The molecule has 72 valence electrons. The molecule has 1 N–H and O–H groups in total. The zero-order valence-electron chi connectivity index (χ0n) is 8.04. The Morgan fingerprint density at radius 1 is 1.46 bits per heavy atom. The first-order valence-electron chi connectivity index (χ1n) is 4.23. The summed E-state index contributed by atoms with van der Waals surface area (Å²) in [5, 5.41) is 3.28. The van der Waals surface area contributed by atoms with Crippen LogP contribution in [-0.4, -0.2) is 26.5 Å². The van der Waals surface area contributed by atoms with Crippen molar-refractivity contribution in [2.24, 2.45) is 0 Å². The Morgan fingerprint density at radius 2 is 2.31 bits per heavy atom. The largest absolute Gasteiger partial charge is 0.383 e. The van der Waals surface area contributed by atoms with Crippen LogP contribution in [0.3, 0.4) is 0 Å². The molecule has 3 heteroatoms. The molecule has 0 aliphatic carbocycles. The van der Waals surface area contributed by atoms with E-state index in [4.69, 9.17) is 4.74 Å². The highest BCUT2D eigenvalue weighted by atomic mass is 32.2. The standard InChI is InChI=1S/C10H15NOS/c1-12-7-6-11-9-4-3-5-10(8-9)13-2/h3-5,8,11H,6-7H2,1-2H3. The summed E-state index contributed by atoms with van der Waals surface area (Å²) < 4.78 is 4.95. The van der Waals surface area contributed by atoms with E-state index in [1.165, 1.54) is 4.90 Å². The van der Waals surface area contributed by atoms with Crippen molar-refractivity contribution in [1.82, 2.24) is 0 Å². The van der Waals surface area contributed by atoms with Crippen molar-refractivity contribution in [1.29, 1.82) is 0 Å². The normalized spacial score (nSPS) is 10.0. The average Bonchev–Trinajstić information content (AvgIpc) is 2.19. The zero-order valence-corrected chi connectivity index (χ0v) is 8.86. The lowest BCUT2D eigenvalue weighted by atomic mass is 10.3. The number of hydrogen-bond donors (Lipinski definition) is 1. The maximum atomic E-state index is 4.95. The first-order valence-corrected chi connectivity index (χ1v) is 5.46. The maximum absolute atomic E-state index is 4.95. The molecule has 0 bridgehead atoms. The van der Waals surface area contributed by atoms with Crippen LogP contribution in [0.25, 0.3) is 0 Å². The Balaban J connectivity index is 2.46. The van der Waals surface area contributed by atoms with Gasteiger partial charge in [-0.2, -0.15) is 0 Å². The van der Waals surface area contributed by atoms with E-state index in [1.54, 1.807) is 18.9 Å². The third-order valence-electron chi connectivity index (χ3n) is 1.71. The molecule has 0 spiro atoms. The van der Waals surface area contributed by atoms with E-state index in [-0.39, 0.29) is 0 Å². The molecule has 0 saturated carbocycles. The number of benzene rings is 1. The first kappa shape index (κ1) is 10.4. The number of rotatable bonds is 5. The number of nitrogens with one attached hydrogen (secondary N) is 1. The van der Waals surface area contributed by atoms with Gasteiger partial charge in [0.05, 0.1) is 6.61 Å². The van der Waals surface area contributed by atoms with Crippen LogP contribution in [0.15, 0.2) is 29.2 Å². The van der Waals surface area contributed by atoms with E-state index in [1.807, 2.05) is 0 Å². The number of thioether (sulfide) groups is 1. The Bertz CT molecular complexity index is 252. The fraction of sp³-hybridized carbons (Fsp3) is 0.400. The molecule has 0 unspecified atom stereocenters. The van der Waals surface area contributed by atoms with E-state index >= 15 is 0 Å². The summed E-state index contributed by atoms with van der Waals surface area (Å²) in [4.78, 5) is 1.28. The third kappa shape index (κ3) is 3.70. The van der Waals surface area contributed by atoms with Crippen LogP contribution < -0.4 is 5.32 Å². The molecule has 0 aromatic heterocycles. The Hall–Kier alpha value is -0.670. The lowest BCUT2D eigenvalue weighted by molar-refractivity contribution is 0.211. The maximum Gasteiger partial charge on any atom is 0.0635 e. The van der Waals surface area contributed by atoms with Gasteiger partial charge in [-0.05, 0) is 24.5 Å². The zero-order chi connectivity index (χ0) is 9.52. The summed E-state index contributed by atoms with van der Waals surface area (Å²) in [6.45, 7) is 1.60. The molecular formula is C10H15NOS. The number of methoxy groups -OCH3 is 1. The van der Waals surface area contributed by atoms with Gasteiger partial charge in [0.1, 0.15) is 0 Å². The number of anilines is 1. The van der Waals surface area contributed by atoms with E-state index in [9.17, 15) is 0 Å². The van der Waals surface area contributed by atoms with E-state index < -0.39 is 0 Å². The minimum Gasteiger partial charge on any atom is -0.383 e. The molecule has 0 atom stereocenters. The molecule has 1 rings (SSSR count). The molecule has 0 saturated heterocycles. The highest BCUT2D eigenvalue weighted by molar-refractivity contribution is 7.98. The lowest BCUT2D eigenvalue weighted by Crippen LogP contribution is -2.07. The quantitative estimate of drug-likeness (QED) is 0.579. The number of ether oxygens (including phenoxy) is 1. The van der Waals surface area contributed by atoms with Crippen LogP contribution in [0.5, 0.6) is 0 Å². The van der Waals surface area contributed by atoms with E-state index in [2.05, 4.69) is 35.8 Å². The molecule has 0 aliphatic rings. The average molecular weight is 197 g/mol. The Morgan fingerprint density at radius 3 is 3.00 bits per heavy atom. The van der Waals surface area contributed by atoms with Crippen LogP contribution in [-0.2, 0) is 4.74 Å². The smallest absolute Gasteiger partial charge is 0.0635 e. The SMILES string of the molecule is COCCNc1cccc(SC)c1. The van der Waals surface area contributed by atoms with Gasteiger partial charge in [-0.1, -0.05) is 6.07 Å². The number of hydrogen-bond acceptors (Lipinski definition) is 3. The predicted molar refractivity (Wildman–Crippen MR) is 58.6 cm³/mol. The minimum atomic E-state index is 0.740. The fourth-order valence-corrected chi connectivity index (χ4v) is 1.49. The molecule has 0 radical (unpaired) electrons. The van der Waals surface area contributed by atoms with Crippen molar-refractivity contribution in [3.8, 4) is 0 Å². The summed E-state index contributed by atoms with van der Waals surface area (Å²) in [5.41, 5.74) is 1.16. The summed E-state index contributed by atoms with van der Waals surface area (Å²) in [7, 11) is 1.71. The van der Waals surface area contributed by atoms with Crippen molar-refractivity contribution >= 4 is 17.4 Å². The van der Waals surface area contributed by atoms with Gasteiger partial charge in [0.25, 0.3) is 0 Å². The molecule has 0 aliphatic heterocycles. The molecule has 0 amide bonds. The van der Waals surface area contributed by atoms with Gasteiger partial charge < -0.3 is 10.1 Å². The van der Waals surface area contributed by atoms with Crippen LogP contribution in [0, 0.1) is 0 Å². The Labute approximate surface area is 83.7 Å². The monoisotopic (exact) mass is 197 g/mol. The highest BCUT2D eigenvalue weighted by Gasteiger charge is 1.92. The molecule has 13 heavy (non-hydrogen) atoms. The lowest BCUT2D eigenvalue weighted by Gasteiger charge is -2.06. The molecule has 0 heterocycles. The highest BCUT2D eigenvalue weighted by Crippen LogP contribution is 2.18. The summed E-state index contributed by atoms with van der Waals surface area (Å²) in [6, 6.07) is 8.36. The fourth-order valence-electron chi connectivity index (χ4n) is 1.03. The second kappa shape index (κ2) is 5.89. The molecular weight excluding hydrogens is 182 g/mol. The van der Waals surface area contributed by atoms with Gasteiger partial charge in [0, 0.05) is 24.2 Å². The van der Waals surface area contributed by atoms with Crippen molar-refractivity contribution in [2.45, 2.75) is 4.90 Å². The van der Waals surface area contributed by atoms with Crippen LogP contribution in [0.4, 0.5) is 5.69 Å². The van der Waals surface area contributed by atoms with Gasteiger partial charge in [-0.3, -0.25) is 0 Å². The predicted octanol–water partition coefficient (Wildman–Crippen LogP) is 2.47. The second-order valence-corrected chi connectivity index (χ2v) is 3.53. The van der Waals surface area contributed by atoms with Gasteiger partial charge in [-0.15, -0.1) is 11.8 Å². The molecule has 1 aromatic rings. The minimum absolute atomic E-state index is 0.740. The van der Waals surface area contributed by atoms with Crippen LogP contribution >= 0.6 is 11.8 Å². The third-order valence-corrected chi connectivity index (χ3v) is 2.43. The molecule has 0 fully saturated rings. The van der Waals surface area contributed by atoms with Gasteiger partial charge in [-0.25, -0.2) is 0 Å². The topological polar surface area (TPSA) is 21.3 Å². The second-order valence-electron chi connectivity index (χ2n) is 2.65. The summed E-state index contributed by atoms with van der Waals surface area (Å²) in [5.74, 6) is 0. The summed E-state index contributed by atoms with van der Waals surface area (Å²) in [6.07, 6.45) is 2.08. The van der Waals surface area contributed by atoms with Crippen molar-refractivity contribution < 1.29 is 4.74 Å². The van der Waals surface area contributed by atoms with Crippen molar-refractivity contribution in [3.63, 3.8) is 0 Å². The van der Waals surface area contributed by atoms with E-state index in [0.717, 1.165) is 18.8 Å². The van der Waals surface area contributed by atoms with Gasteiger partial charge in [0.2, 0.25) is 0 Å². The molecule has 1 aromatic carbocycles. The van der Waals surface area contributed by atoms with Gasteiger partial charge >= 0.3 is 0 Å². The summed E-state index contributed by atoms with van der Waals surface area (Å²) >= 11 is 1.75. The van der Waals surface area contributed by atoms with Crippen molar-refractivity contribution in [2.75, 3.05) is 31.8 Å². The van der Waals surface area contributed by atoms with Crippen LogP contribution in [0.1, 0.15) is 0 Å². The first-order chi connectivity index (χ1) is 6.36. The molecule has 2 nitrogen and oxygen atoms in total. The van der Waals surface area contributed by atoms with E-state index in [0.29, 0.717) is 0 Å². The van der Waals surface area contributed by atoms with Crippen LogP contribution in [0.2, 0.25) is 0 Å². The van der Waals surface area contributed by atoms with Gasteiger partial charge in [0.15, 0.2) is 0 Å². The van der Waals surface area contributed by atoms with Crippen molar-refractivity contribution in [3.05, 3.63) is 24.3 Å².